The fourth-order valence-electron chi connectivity index (χ4n) is 2.96. The summed E-state index contributed by atoms with van der Waals surface area (Å²) in [4.78, 5) is 20.7. The standard InChI is InChI=1S/C20H20N6/c1-13-5-18-17(12-23-19(18)22-8-13)7-16-10-25-20(26-11-16)24-9-15-3-4-21-14(2)6-15/h3-6,8,10-12H,7,9H2,1-2H3,(H,22,23)(H,24,25,26). The van der Waals surface area contributed by atoms with E-state index in [0.29, 0.717) is 12.5 Å². The smallest absolute Gasteiger partial charge is 0.222 e. The number of aryl methyl sites for hydroxylation is 2. The monoisotopic (exact) mass is 344 g/mol. The van der Waals surface area contributed by atoms with Crippen molar-refractivity contribution in [1.82, 2.24) is 24.9 Å². The van der Waals surface area contributed by atoms with Crippen molar-refractivity contribution in [1.29, 1.82) is 0 Å². The summed E-state index contributed by atoms with van der Waals surface area (Å²) in [6, 6.07) is 6.19. The normalized spacial score (nSPS) is 11.0. The van der Waals surface area contributed by atoms with Crippen molar-refractivity contribution in [2.45, 2.75) is 26.8 Å². The Hall–Kier alpha value is -3.28. The number of hydrogen-bond donors (Lipinski definition) is 2. The molecule has 0 fully saturated rings. The Morgan fingerprint density at radius 3 is 2.62 bits per heavy atom. The summed E-state index contributed by atoms with van der Waals surface area (Å²) in [5.41, 5.74) is 6.50. The van der Waals surface area contributed by atoms with Crippen LogP contribution in [0.5, 0.6) is 0 Å². The van der Waals surface area contributed by atoms with Crippen LogP contribution < -0.4 is 5.32 Å². The molecule has 0 saturated heterocycles. The van der Waals surface area contributed by atoms with Gasteiger partial charge in [0.25, 0.3) is 0 Å². The van der Waals surface area contributed by atoms with Gasteiger partial charge in [-0.2, -0.15) is 0 Å². The maximum Gasteiger partial charge on any atom is 0.222 e. The number of anilines is 1. The molecule has 0 spiro atoms. The van der Waals surface area contributed by atoms with Crippen LogP contribution in [0.4, 0.5) is 5.95 Å². The summed E-state index contributed by atoms with van der Waals surface area (Å²) in [6.07, 6.45) is 10.2. The fourth-order valence-corrected chi connectivity index (χ4v) is 2.96. The molecule has 0 aromatic carbocycles. The number of nitrogens with one attached hydrogen (secondary N) is 2. The number of nitrogens with zero attached hydrogens (tertiary/aromatic N) is 4. The van der Waals surface area contributed by atoms with Crippen LogP contribution >= 0.6 is 0 Å². The third kappa shape index (κ3) is 3.54. The van der Waals surface area contributed by atoms with Crippen LogP contribution in [0.25, 0.3) is 11.0 Å². The molecule has 0 saturated carbocycles. The first-order chi connectivity index (χ1) is 12.7. The van der Waals surface area contributed by atoms with E-state index in [4.69, 9.17) is 0 Å². The van der Waals surface area contributed by atoms with Crippen LogP contribution in [0.3, 0.4) is 0 Å². The molecule has 0 amide bonds. The summed E-state index contributed by atoms with van der Waals surface area (Å²) in [5, 5.41) is 4.40. The molecule has 0 unspecified atom stereocenters. The van der Waals surface area contributed by atoms with Gasteiger partial charge in [0.2, 0.25) is 5.95 Å². The number of rotatable bonds is 5. The van der Waals surface area contributed by atoms with E-state index in [1.165, 1.54) is 5.56 Å². The highest BCUT2D eigenvalue weighted by molar-refractivity contribution is 5.80. The van der Waals surface area contributed by atoms with E-state index in [0.717, 1.165) is 39.8 Å². The summed E-state index contributed by atoms with van der Waals surface area (Å²) in [5.74, 6) is 0.625. The van der Waals surface area contributed by atoms with Crippen molar-refractivity contribution in [2.75, 3.05) is 5.32 Å². The van der Waals surface area contributed by atoms with Crippen molar-refractivity contribution in [3.05, 3.63) is 77.1 Å². The Bertz CT molecular complexity index is 1040. The van der Waals surface area contributed by atoms with Crippen LogP contribution in [-0.2, 0) is 13.0 Å². The number of fused-ring (bicyclic) bond motifs is 1. The van der Waals surface area contributed by atoms with Crippen molar-refractivity contribution in [2.24, 2.45) is 0 Å². The molecule has 26 heavy (non-hydrogen) atoms. The molecule has 2 N–H and O–H groups in total. The molecule has 0 atom stereocenters. The van der Waals surface area contributed by atoms with E-state index >= 15 is 0 Å². The van der Waals surface area contributed by atoms with Crippen LogP contribution in [0.15, 0.2) is 49.2 Å². The van der Waals surface area contributed by atoms with Crippen molar-refractivity contribution in [3.8, 4) is 0 Å². The van der Waals surface area contributed by atoms with Gasteiger partial charge in [0.15, 0.2) is 0 Å². The molecule has 0 bridgehead atoms. The minimum absolute atomic E-state index is 0.625. The average Bonchev–Trinajstić information content (AvgIpc) is 3.03. The van der Waals surface area contributed by atoms with Gasteiger partial charge >= 0.3 is 0 Å². The van der Waals surface area contributed by atoms with Gasteiger partial charge in [0, 0.05) is 55.0 Å². The third-order valence-electron chi connectivity index (χ3n) is 4.27. The Kier molecular flexibility index (Phi) is 4.31. The van der Waals surface area contributed by atoms with Crippen LogP contribution in [0.1, 0.15) is 27.9 Å². The number of hydrogen-bond acceptors (Lipinski definition) is 5. The number of H-pyrrole nitrogens is 1. The summed E-state index contributed by atoms with van der Waals surface area (Å²) < 4.78 is 0. The van der Waals surface area contributed by atoms with E-state index in [-0.39, 0.29) is 0 Å². The lowest BCUT2D eigenvalue weighted by atomic mass is 10.1. The first-order valence-corrected chi connectivity index (χ1v) is 8.56. The molecule has 0 aliphatic heterocycles. The minimum atomic E-state index is 0.625. The Morgan fingerprint density at radius 1 is 0.962 bits per heavy atom. The summed E-state index contributed by atoms with van der Waals surface area (Å²) >= 11 is 0. The topological polar surface area (TPSA) is 79.4 Å². The van der Waals surface area contributed by atoms with Crippen LogP contribution in [-0.4, -0.2) is 24.9 Å². The fraction of sp³-hybridized carbons (Fsp3) is 0.200. The predicted molar refractivity (Wildman–Crippen MR) is 102 cm³/mol. The van der Waals surface area contributed by atoms with Gasteiger partial charge in [-0.3, -0.25) is 4.98 Å². The lowest BCUT2D eigenvalue weighted by molar-refractivity contribution is 1.01. The first kappa shape index (κ1) is 16.2. The van der Waals surface area contributed by atoms with E-state index in [1.807, 2.05) is 44.0 Å². The molecular formula is C20H20N6. The van der Waals surface area contributed by atoms with Gasteiger partial charge in [-0.25, -0.2) is 15.0 Å². The number of pyridine rings is 2. The van der Waals surface area contributed by atoms with Gasteiger partial charge in [0.1, 0.15) is 5.65 Å². The maximum absolute atomic E-state index is 4.43. The van der Waals surface area contributed by atoms with Gasteiger partial charge in [-0.15, -0.1) is 0 Å². The highest BCUT2D eigenvalue weighted by atomic mass is 15.1. The maximum atomic E-state index is 4.43. The van der Waals surface area contributed by atoms with Gasteiger partial charge in [-0.1, -0.05) is 0 Å². The van der Waals surface area contributed by atoms with E-state index < -0.39 is 0 Å². The molecular weight excluding hydrogens is 324 g/mol. The molecule has 0 aliphatic rings. The molecule has 0 radical (unpaired) electrons. The van der Waals surface area contributed by atoms with Crippen LogP contribution in [0.2, 0.25) is 0 Å². The second-order valence-corrected chi connectivity index (χ2v) is 6.47. The van der Waals surface area contributed by atoms with Crippen molar-refractivity contribution in [3.63, 3.8) is 0 Å². The second kappa shape index (κ2) is 6.92. The van der Waals surface area contributed by atoms with Crippen LogP contribution in [0, 0.1) is 13.8 Å². The van der Waals surface area contributed by atoms with Gasteiger partial charge in [-0.05, 0) is 54.3 Å². The van der Waals surface area contributed by atoms with E-state index in [1.54, 1.807) is 0 Å². The van der Waals surface area contributed by atoms with Crippen molar-refractivity contribution < 1.29 is 0 Å². The Labute approximate surface area is 151 Å². The highest BCUT2D eigenvalue weighted by Gasteiger charge is 2.07. The zero-order valence-corrected chi connectivity index (χ0v) is 14.8. The predicted octanol–water partition coefficient (Wildman–Crippen LogP) is 3.57. The molecule has 4 aromatic rings. The average molecular weight is 344 g/mol. The molecule has 4 aromatic heterocycles. The minimum Gasteiger partial charge on any atom is -0.350 e. The second-order valence-electron chi connectivity index (χ2n) is 6.47. The Balaban J connectivity index is 1.44. The highest BCUT2D eigenvalue weighted by Crippen LogP contribution is 2.20. The van der Waals surface area contributed by atoms with Gasteiger partial charge < -0.3 is 10.3 Å². The summed E-state index contributed by atoms with van der Waals surface area (Å²) in [7, 11) is 0. The zero-order chi connectivity index (χ0) is 17.9. The largest absolute Gasteiger partial charge is 0.350 e. The summed E-state index contributed by atoms with van der Waals surface area (Å²) in [6.45, 7) is 4.71. The molecule has 130 valence electrons. The van der Waals surface area contributed by atoms with E-state index in [9.17, 15) is 0 Å². The molecule has 0 aliphatic carbocycles. The molecule has 6 nitrogen and oxygen atoms in total. The Morgan fingerprint density at radius 2 is 1.81 bits per heavy atom. The first-order valence-electron chi connectivity index (χ1n) is 8.56. The number of aromatic nitrogens is 5. The van der Waals surface area contributed by atoms with E-state index in [2.05, 4.69) is 49.3 Å². The molecule has 6 heteroatoms. The van der Waals surface area contributed by atoms with Gasteiger partial charge in [0.05, 0.1) is 0 Å². The zero-order valence-electron chi connectivity index (χ0n) is 14.8. The SMILES string of the molecule is Cc1cnc2[nH]cc(Cc3cnc(NCc4ccnc(C)c4)nc3)c2c1. The molecule has 4 heterocycles. The number of aromatic amines is 1. The lowest BCUT2D eigenvalue weighted by Crippen LogP contribution is -2.04. The molecule has 4 rings (SSSR count). The quantitative estimate of drug-likeness (QED) is 0.578. The third-order valence-corrected chi connectivity index (χ3v) is 4.27. The van der Waals surface area contributed by atoms with Crippen molar-refractivity contribution >= 4 is 17.0 Å². The lowest BCUT2D eigenvalue weighted by Gasteiger charge is -2.06.